The molecule has 1 fully saturated rings. The van der Waals surface area contributed by atoms with Gasteiger partial charge in [0.2, 0.25) is 0 Å². The van der Waals surface area contributed by atoms with E-state index in [4.69, 9.17) is 0 Å². The van der Waals surface area contributed by atoms with Crippen molar-refractivity contribution in [1.82, 2.24) is 19.8 Å². The van der Waals surface area contributed by atoms with Crippen LogP contribution in [0, 0.1) is 0 Å². The van der Waals surface area contributed by atoms with Crippen LogP contribution in [0.5, 0.6) is 0 Å². The maximum absolute atomic E-state index is 12.6. The molecule has 0 radical (unpaired) electrons. The van der Waals surface area contributed by atoms with E-state index in [1.807, 2.05) is 17.2 Å². The molecule has 3 heterocycles. The summed E-state index contributed by atoms with van der Waals surface area (Å²) in [5.41, 5.74) is 4.36. The Labute approximate surface area is 159 Å². The van der Waals surface area contributed by atoms with Crippen molar-refractivity contribution in [2.24, 2.45) is 0 Å². The third-order valence-electron chi connectivity index (χ3n) is 4.97. The van der Waals surface area contributed by atoms with E-state index < -0.39 is 0 Å². The van der Waals surface area contributed by atoms with Crippen LogP contribution >= 0.6 is 0 Å². The average molecular weight is 358 g/mol. The minimum Gasteiger partial charge on any atom is -0.336 e. The Morgan fingerprint density at radius 3 is 2.37 bits per heavy atom. The molecule has 136 valence electrons. The molecule has 5 nitrogen and oxygen atoms in total. The zero-order valence-electron chi connectivity index (χ0n) is 15.2. The Bertz CT molecular complexity index is 890. The Kier molecular flexibility index (Phi) is 5.21. The number of piperazine rings is 1. The summed E-state index contributed by atoms with van der Waals surface area (Å²) in [5, 5.41) is 0. The van der Waals surface area contributed by atoms with Gasteiger partial charge in [-0.3, -0.25) is 19.7 Å². The fourth-order valence-electron chi connectivity index (χ4n) is 3.49. The Balaban J connectivity index is 1.41. The Hall–Kier alpha value is -3.05. The topological polar surface area (TPSA) is 49.3 Å². The molecule has 5 heteroatoms. The molecular weight excluding hydrogens is 336 g/mol. The van der Waals surface area contributed by atoms with Gasteiger partial charge in [0.15, 0.2) is 0 Å². The lowest BCUT2D eigenvalue weighted by atomic mass is 10.0. The molecule has 0 bridgehead atoms. The van der Waals surface area contributed by atoms with Crippen molar-refractivity contribution >= 4 is 5.91 Å². The van der Waals surface area contributed by atoms with Gasteiger partial charge in [-0.05, 0) is 29.3 Å². The highest BCUT2D eigenvalue weighted by molar-refractivity contribution is 5.94. The van der Waals surface area contributed by atoms with Crippen LogP contribution in [-0.4, -0.2) is 51.9 Å². The van der Waals surface area contributed by atoms with Crippen molar-refractivity contribution < 1.29 is 4.79 Å². The van der Waals surface area contributed by atoms with E-state index in [0.717, 1.165) is 38.3 Å². The summed E-state index contributed by atoms with van der Waals surface area (Å²) in [4.78, 5) is 25.1. The molecule has 0 N–H and O–H groups in total. The molecule has 1 aliphatic rings. The van der Waals surface area contributed by atoms with E-state index >= 15 is 0 Å². The smallest absolute Gasteiger partial charge is 0.254 e. The minimum absolute atomic E-state index is 0.0906. The lowest BCUT2D eigenvalue weighted by Crippen LogP contribution is -2.48. The molecule has 0 aliphatic carbocycles. The van der Waals surface area contributed by atoms with E-state index in [-0.39, 0.29) is 5.91 Å². The second kappa shape index (κ2) is 8.10. The van der Waals surface area contributed by atoms with Gasteiger partial charge in [-0.25, -0.2) is 0 Å². The van der Waals surface area contributed by atoms with Gasteiger partial charge in [0.05, 0.1) is 0 Å². The van der Waals surface area contributed by atoms with Crippen molar-refractivity contribution in [3.8, 4) is 11.1 Å². The zero-order valence-corrected chi connectivity index (χ0v) is 15.2. The number of carbonyl (C=O) groups excluding carboxylic acids is 1. The first kappa shape index (κ1) is 17.4. The number of nitrogens with zero attached hydrogens (tertiary/aromatic N) is 4. The predicted molar refractivity (Wildman–Crippen MR) is 105 cm³/mol. The van der Waals surface area contributed by atoms with Gasteiger partial charge in [-0.1, -0.05) is 30.3 Å². The first-order chi connectivity index (χ1) is 13.3. The molecule has 1 aromatic carbocycles. The van der Waals surface area contributed by atoms with Crippen molar-refractivity contribution in [3.05, 3.63) is 84.4 Å². The van der Waals surface area contributed by atoms with Crippen LogP contribution in [0.2, 0.25) is 0 Å². The fourth-order valence-corrected chi connectivity index (χ4v) is 3.49. The normalized spacial score (nSPS) is 14.9. The molecule has 1 saturated heterocycles. The quantitative estimate of drug-likeness (QED) is 0.719. The number of pyridine rings is 2. The molecule has 0 atom stereocenters. The molecule has 1 amide bonds. The molecular formula is C22H22N4O. The Morgan fingerprint density at radius 1 is 0.852 bits per heavy atom. The minimum atomic E-state index is 0.0906. The molecule has 0 saturated carbocycles. The maximum atomic E-state index is 12.6. The van der Waals surface area contributed by atoms with Gasteiger partial charge in [0.1, 0.15) is 0 Å². The van der Waals surface area contributed by atoms with Crippen LogP contribution in [0.1, 0.15) is 15.9 Å². The first-order valence-corrected chi connectivity index (χ1v) is 9.21. The Morgan fingerprint density at radius 2 is 1.63 bits per heavy atom. The summed E-state index contributed by atoms with van der Waals surface area (Å²) in [6.07, 6.45) is 7.03. The summed E-state index contributed by atoms with van der Waals surface area (Å²) in [6.45, 7) is 4.12. The second-order valence-electron chi connectivity index (χ2n) is 6.70. The highest BCUT2D eigenvalue weighted by Crippen LogP contribution is 2.24. The van der Waals surface area contributed by atoms with Gasteiger partial charge < -0.3 is 4.90 Å². The standard InChI is InChI=1S/C22H22N4O/c27-22(18-7-10-23-11-8-18)26-14-12-25(13-15-26)17-20-4-1-2-6-21(20)19-5-3-9-24-16-19/h1-11,16H,12-15,17H2. The molecule has 0 spiro atoms. The van der Waals surface area contributed by atoms with E-state index in [9.17, 15) is 4.79 Å². The van der Waals surface area contributed by atoms with Crippen molar-refractivity contribution in [2.45, 2.75) is 6.54 Å². The number of carbonyl (C=O) groups is 1. The fraction of sp³-hybridized carbons (Fsp3) is 0.227. The third kappa shape index (κ3) is 4.04. The largest absolute Gasteiger partial charge is 0.336 e. The van der Waals surface area contributed by atoms with E-state index in [2.05, 4.69) is 45.2 Å². The van der Waals surface area contributed by atoms with Gasteiger partial charge in [0.25, 0.3) is 5.91 Å². The SMILES string of the molecule is O=C(c1ccncc1)N1CCN(Cc2ccccc2-c2cccnc2)CC1. The van der Waals surface area contributed by atoms with E-state index in [0.29, 0.717) is 5.56 Å². The van der Waals surface area contributed by atoms with Crippen molar-refractivity contribution in [3.63, 3.8) is 0 Å². The summed E-state index contributed by atoms with van der Waals surface area (Å²) < 4.78 is 0. The lowest BCUT2D eigenvalue weighted by Gasteiger charge is -2.35. The molecule has 0 unspecified atom stereocenters. The van der Waals surface area contributed by atoms with Crippen LogP contribution in [0.15, 0.2) is 73.3 Å². The molecule has 4 rings (SSSR count). The third-order valence-corrected chi connectivity index (χ3v) is 4.97. The summed E-state index contributed by atoms with van der Waals surface area (Å²) >= 11 is 0. The monoisotopic (exact) mass is 358 g/mol. The number of rotatable bonds is 4. The highest BCUT2D eigenvalue weighted by atomic mass is 16.2. The van der Waals surface area contributed by atoms with Crippen LogP contribution in [0.25, 0.3) is 11.1 Å². The van der Waals surface area contributed by atoms with Crippen LogP contribution in [0.3, 0.4) is 0 Å². The molecule has 1 aliphatic heterocycles. The number of aromatic nitrogens is 2. The second-order valence-corrected chi connectivity index (χ2v) is 6.70. The van der Waals surface area contributed by atoms with Crippen LogP contribution < -0.4 is 0 Å². The lowest BCUT2D eigenvalue weighted by molar-refractivity contribution is 0.0628. The van der Waals surface area contributed by atoms with E-state index in [1.54, 1.807) is 30.7 Å². The van der Waals surface area contributed by atoms with Gasteiger partial charge >= 0.3 is 0 Å². The van der Waals surface area contributed by atoms with E-state index in [1.165, 1.54) is 11.1 Å². The number of amides is 1. The van der Waals surface area contributed by atoms with Crippen molar-refractivity contribution in [1.29, 1.82) is 0 Å². The zero-order chi connectivity index (χ0) is 18.5. The van der Waals surface area contributed by atoms with Gasteiger partial charge in [0, 0.05) is 68.6 Å². The average Bonchev–Trinajstić information content (AvgIpc) is 2.75. The summed E-state index contributed by atoms with van der Waals surface area (Å²) in [5.74, 6) is 0.0906. The van der Waals surface area contributed by atoms with Gasteiger partial charge in [-0.15, -0.1) is 0 Å². The summed E-state index contributed by atoms with van der Waals surface area (Å²) in [6, 6.07) is 16.1. The number of benzene rings is 1. The molecule has 27 heavy (non-hydrogen) atoms. The number of hydrogen-bond acceptors (Lipinski definition) is 4. The van der Waals surface area contributed by atoms with Crippen molar-refractivity contribution in [2.75, 3.05) is 26.2 Å². The number of hydrogen-bond donors (Lipinski definition) is 0. The highest BCUT2D eigenvalue weighted by Gasteiger charge is 2.22. The maximum Gasteiger partial charge on any atom is 0.254 e. The van der Waals surface area contributed by atoms with Crippen LogP contribution in [0.4, 0.5) is 0 Å². The van der Waals surface area contributed by atoms with Crippen LogP contribution in [-0.2, 0) is 6.54 Å². The summed E-state index contributed by atoms with van der Waals surface area (Å²) in [7, 11) is 0. The molecule has 2 aromatic heterocycles. The first-order valence-electron chi connectivity index (χ1n) is 9.21. The molecule has 3 aromatic rings. The predicted octanol–water partition coefficient (Wildman–Crippen LogP) is 3.10. The van der Waals surface area contributed by atoms with Gasteiger partial charge in [-0.2, -0.15) is 0 Å².